The summed E-state index contributed by atoms with van der Waals surface area (Å²) in [6, 6.07) is 7.91. The van der Waals surface area contributed by atoms with E-state index in [-0.39, 0.29) is 5.96 Å². The lowest BCUT2D eigenvalue weighted by atomic mass is 10.2. The highest BCUT2D eigenvalue weighted by atomic mass is 15.2. The van der Waals surface area contributed by atoms with Crippen LogP contribution >= 0.6 is 0 Å². The van der Waals surface area contributed by atoms with E-state index >= 15 is 0 Å². The Morgan fingerprint density at radius 3 is 2.83 bits per heavy atom. The van der Waals surface area contributed by atoms with Crippen molar-refractivity contribution < 1.29 is 0 Å². The highest BCUT2D eigenvalue weighted by Gasteiger charge is 2.16. The van der Waals surface area contributed by atoms with Crippen molar-refractivity contribution in [1.29, 1.82) is 0 Å². The second-order valence-electron chi connectivity index (χ2n) is 4.94. The van der Waals surface area contributed by atoms with Gasteiger partial charge in [-0.2, -0.15) is 4.99 Å². The molecule has 0 saturated heterocycles. The molecule has 1 aromatic carbocycles. The van der Waals surface area contributed by atoms with Crippen LogP contribution in [0.1, 0.15) is 23.9 Å². The first-order chi connectivity index (χ1) is 11.2. The molecule has 0 amide bonds. The number of anilines is 1. The second kappa shape index (κ2) is 6.20. The first kappa shape index (κ1) is 14.6. The minimum atomic E-state index is 0.276. The molecule has 114 valence electrons. The number of aliphatic imine (C=N–C) groups is 1. The minimum Gasteiger partial charge on any atom is -0.379 e. The van der Waals surface area contributed by atoms with Gasteiger partial charge in [0.1, 0.15) is 5.69 Å². The Kier molecular flexibility index (Phi) is 3.93. The third-order valence-corrected chi connectivity index (χ3v) is 3.22. The van der Waals surface area contributed by atoms with E-state index in [9.17, 15) is 0 Å². The summed E-state index contributed by atoms with van der Waals surface area (Å²) in [5.74, 6) is 6.65. The van der Waals surface area contributed by atoms with E-state index < -0.39 is 0 Å². The quantitative estimate of drug-likeness (QED) is 0.755. The average molecular weight is 304 g/mol. The number of rotatable bonds is 3. The molecule has 0 unspecified atom stereocenters. The summed E-state index contributed by atoms with van der Waals surface area (Å²) in [4.78, 5) is 12.9. The van der Waals surface area contributed by atoms with Crippen LogP contribution < -0.4 is 16.4 Å². The van der Waals surface area contributed by atoms with Crippen LogP contribution in [0.15, 0.2) is 42.0 Å². The minimum absolute atomic E-state index is 0.276. The third kappa shape index (κ3) is 3.30. The van der Waals surface area contributed by atoms with E-state index in [0.29, 0.717) is 23.8 Å². The Hall–Kier alpha value is -3.33. The van der Waals surface area contributed by atoms with Crippen molar-refractivity contribution in [2.75, 3.05) is 5.32 Å². The van der Waals surface area contributed by atoms with E-state index in [2.05, 4.69) is 44.0 Å². The fourth-order valence-corrected chi connectivity index (χ4v) is 2.15. The van der Waals surface area contributed by atoms with Crippen LogP contribution in [-0.2, 0) is 6.54 Å². The fraction of sp³-hybridized carbons (Fsp3) is 0.118. The van der Waals surface area contributed by atoms with E-state index in [4.69, 9.17) is 5.73 Å². The molecule has 0 saturated carbocycles. The summed E-state index contributed by atoms with van der Waals surface area (Å²) in [6.07, 6.45) is 1.68. The lowest BCUT2D eigenvalue weighted by Gasteiger charge is -2.16. The summed E-state index contributed by atoms with van der Waals surface area (Å²) < 4.78 is 0. The van der Waals surface area contributed by atoms with Crippen molar-refractivity contribution in [3.63, 3.8) is 0 Å². The standard InChI is InChI=1S/C17H16N6/c1-3-4-12-5-7-13(8-6-12)19-9-14-10-20-16-15(22-14)11(2)21-17(18)23-16/h5-8,10,19H,2,9H2,1H3,(H3,18,20,21,23). The number of hydrogen-bond acceptors (Lipinski definition) is 6. The van der Waals surface area contributed by atoms with E-state index in [1.54, 1.807) is 6.20 Å². The lowest BCUT2D eigenvalue weighted by molar-refractivity contribution is 0.972. The Labute approximate surface area is 134 Å². The largest absolute Gasteiger partial charge is 0.379 e. The van der Waals surface area contributed by atoms with Crippen LogP contribution in [0.4, 0.5) is 11.5 Å². The Morgan fingerprint density at radius 1 is 1.30 bits per heavy atom. The van der Waals surface area contributed by atoms with Gasteiger partial charge in [0.05, 0.1) is 24.1 Å². The van der Waals surface area contributed by atoms with Crippen LogP contribution in [0.25, 0.3) is 5.70 Å². The van der Waals surface area contributed by atoms with Crippen molar-refractivity contribution in [2.45, 2.75) is 13.5 Å². The lowest BCUT2D eigenvalue weighted by Crippen LogP contribution is -2.32. The molecule has 6 heteroatoms. The molecule has 2 aromatic rings. The molecule has 1 aliphatic rings. The molecule has 0 fully saturated rings. The smallest absolute Gasteiger partial charge is 0.199 e. The van der Waals surface area contributed by atoms with Crippen molar-refractivity contribution in [2.24, 2.45) is 10.7 Å². The fourth-order valence-electron chi connectivity index (χ4n) is 2.15. The number of fused-ring (bicyclic) bond motifs is 1. The third-order valence-electron chi connectivity index (χ3n) is 3.22. The molecule has 0 radical (unpaired) electrons. The van der Waals surface area contributed by atoms with Crippen molar-refractivity contribution in [1.82, 2.24) is 15.3 Å². The predicted octanol–water partition coefficient (Wildman–Crippen LogP) is 1.98. The molecule has 1 aromatic heterocycles. The predicted molar refractivity (Wildman–Crippen MR) is 91.8 cm³/mol. The Bertz CT molecular complexity index is 840. The van der Waals surface area contributed by atoms with Crippen LogP contribution in [0, 0.1) is 11.8 Å². The highest BCUT2D eigenvalue weighted by Crippen LogP contribution is 2.23. The maximum absolute atomic E-state index is 5.63. The van der Waals surface area contributed by atoms with Gasteiger partial charge in [-0.05, 0) is 31.2 Å². The van der Waals surface area contributed by atoms with Gasteiger partial charge < -0.3 is 16.4 Å². The van der Waals surface area contributed by atoms with Gasteiger partial charge in [0.25, 0.3) is 0 Å². The molecular weight excluding hydrogens is 288 g/mol. The SMILES string of the molecule is C=C1NC(N)=Nc2ncc(CNc3ccc(C#CC)cc3)nc21. The second-order valence-corrected chi connectivity index (χ2v) is 4.94. The van der Waals surface area contributed by atoms with Crippen LogP contribution in [0.3, 0.4) is 0 Å². The highest BCUT2D eigenvalue weighted by molar-refractivity contribution is 5.93. The van der Waals surface area contributed by atoms with Gasteiger partial charge in [-0.1, -0.05) is 12.5 Å². The topological polar surface area (TPSA) is 88.2 Å². The molecular formula is C17H16N6. The summed E-state index contributed by atoms with van der Waals surface area (Å²) >= 11 is 0. The van der Waals surface area contributed by atoms with Gasteiger partial charge in [-0.15, -0.1) is 5.92 Å². The summed E-state index contributed by atoms with van der Waals surface area (Å²) in [5, 5.41) is 6.15. The van der Waals surface area contributed by atoms with Gasteiger partial charge in [0.15, 0.2) is 11.8 Å². The molecule has 0 spiro atoms. The average Bonchev–Trinajstić information content (AvgIpc) is 2.55. The van der Waals surface area contributed by atoms with E-state index in [0.717, 1.165) is 16.9 Å². The van der Waals surface area contributed by atoms with Gasteiger partial charge in [-0.25, -0.2) is 9.97 Å². The number of aromatic nitrogens is 2. The van der Waals surface area contributed by atoms with Crippen molar-refractivity contribution in [3.05, 3.63) is 54.0 Å². The molecule has 0 bridgehead atoms. The first-order valence-corrected chi connectivity index (χ1v) is 7.09. The zero-order valence-electron chi connectivity index (χ0n) is 12.7. The van der Waals surface area contributed by atoms with Gasteiger partial charge >= 0.3 is 0 Å². The molecule has 2 heterocycles. The number of nitrogens with zero attached hydrogens (tertiary/aromatic N) is 3. The molecule has 3 rings (SSSR count). The summed E-state index contributed by atoms with van der Waals surface area (Å²) in [6.45, 7) is 6.25. The van der Waals surface area contributed by atoms with Gasteiger partial charge in [-0.3, -0.25) is 0 Å². The summed E-state index contributed by atoms with van der Waals surface area (Å²) in [7, 11) is 0. The van der Waals surface area contributed by atoms with Crippen LogP contribution in [0.2, 0.25) is 0 Å². The number of hydrogen-bond donors (Lipinski definition) is 3. The number of nitrogens with one attached hydrogen (secondary N) is 2. The molecule has 4 N–H and O–H groups in total. The monoisotopic (exact) mass is 304 g/mol. The normalized spacial score (nSPS) is 12.4. The molecule has 0 atom stereocenters. The van der Waals surface area contributed by atoms with Crippen LogP contribution in [-0.4, -0.2) is 15.9 Å². The number of nitrogens with two attached hydrogens (primary N) is 1. The van der Waals surface area contributed by atoms with E-state index in [1.165, 1.54) is 0 Å². The zero-order chi connectivity index (χ0) is 16.2. The van der Waals surface area contributed by atoms with E-state index in [1.807, 2.05) is 31.2 Å². The number of benzene rings is 1. The van der Waals surface area contributed by atoms with Crippen molar-refractivity contribution >= 4 is 23.2 Å². The molecule has 1 aliphatic heterocycles. The van der Waals surface area contributed by atoms with Crippen LogP contribution in [0.5, 0.6) is 0 Å². The number of guanidine groups is 1. The molecule has 6 nitrogen and oxygen atoms in total. The molecule has 0 aliphatic carbocycles. The Morgan fingerprint density at radius 2 is 2.09 bits per heavy atom. The maximum atomic E-state index is 5.63. The Balaban J connectivity index is 1.72. The summed E-state index contributed by atoms with van der Waals surface area (Å²) in [5.41, 5.74) is 9.63. The van der Waals surface area contributed by atoms with Gasteiger partial charge in [0.2, 0.25) is 0 Å². The van der Waals surface area contributed by atoms with Gasteiger partial charge in [0, 0.05) is 11.3 Å². The van der Waals surface area contributed by atoms with Crippen molar-refractivity contribution in [3.8, 4) is 11.8 Å². The zero-order valence-corrected chi connectivity index (χ0v) is 12.7. The first-order valence-electron chi connectivity index (χ1n) is 7.09. The molecule has 23 heavy (non-hydrogen) atoms. The maximum Gasteiger partial charge on any atom is 0.199 e.